The third kappa shape index (κ3) is 3.50. The van der Waals surface area contributed by atoms with E-state index in [4.69, 9.17) is 17.0 Å². The van der Waals surface area contributed by atoms with E-state index in [1.807, 2.05) is 71.8 Å². The Morgan fingerprint density at radius 3 is 2.62 bits per heavy atom. The summed E-state index contributed by atoms with van der Waals surface area (Å²) < 4.78 is 22.4. The lowest BCUT2D eigenvalue weighted by molar-refractivity contribution is 0.414. The number of hydrogen-bond donors (Lipinski definition) is 1. The maximum absolute atomic E-state index is 14.9. The van der Waals surface area contributed by atoms with Crippen LogP contribution in [0.4, 0.5) is 10.1 Å². The summed E-state index contributed by atoms with van der Waals surface area (Å²) in [4.78, 5) is 6.41. The molecule has 2 unspecified atom stereocenters. The molecule has 1 fully saturated rings. The molecule has 1 saturated heterocycles. The Kier molecular flexibility index (Phi) is 5.33. The number of thiocarbonyl (C=S) groups is 1. The van der Waals surface area contributed by atoms with Gasteiger partial charge in [0.25, 0.3) is 0 Å². The first-order valence-electron chi connectivity index (χ1n) is 10.2. The zero-order valence-corrected chi connectivity index (χ0v) is 18.2. The number of hydrogen-bond acceptors (Lipinski definition) is 3. The molecular formula is C25H21FN4OS. The number of nitrogens with one attached hydrogen (secondary N) is 1. The first-order valence-corrected chi connectivity index (χ1v) is 10.6. The number of benzene rings is 2. The number of methoxy groups -OCH3 is 1. The molecule has 1 aliphatic rings. The number of para-hydroxylation sites is 1. The van der Waals surface area contributed by atoms with Crippen LogP contribution in [0.25, 0.3) is 5.69 Å². The van der Waals surface area contributed by atoms with Crippen LogP contribution in [0.15, 0.2) is 91.3 Å². The van der Waals surface area contributed by atoms with Crippen LogP contribution >= 0.6 is 12.2 Å². The summed E-state index contributed by atoms with van der Waals surface area (Å²) in [7, 11) is 1.64. The fourth-order valence-corrected chi connectivity index (χ4v) is 4.53. The number of rotatable bonds is 5. The van der Waals surface area contributed by atoms with Gasteiger partial charge in [0.15, 0.2) is 5.11 Å². The number of halogens is 1. The first-order chi connectivity index (χ1) is 15.7. The van der Waals surface area contributed by atoms with Crippen LogP contribution in [-0.4, -0.2) is 21.8 Å². The fraction of sp³-hybridized carbons (Fsp3) is 0.120. The molecule has 5 nitrogen and oxygen atoms in total. The highest BCUT2D eigenvalue weighted by Gasteiger charge is 2.43. The number of ether oxygens (including phenoxy) is 1. The predicted molar refractivity (Wildman–Crippen MR) is 127 cm³/mol. The molecule has 0 aliphatic carbocycles. The highest BCUT2D eigenvalue weighted by Crippen LogP contribution is 2.43. The Morgan fingerprint density at radius 2 is 1.84 bits per heavy atom. The van der Waals surface area contributed by atoms with E-state index in [-0.39, 0.29) is 17.9 Å². The van der Waals surface area contributed by atoms with Crippen molar-refractivity contribution in [2.24, 2.45) is 0 Å². The normalized spacial score (nSPS) is 17.9. The molecule has 0 amide bonds. The molecule has 0 radical (unpaired) electrons. The van der Waals surface area contributed by atoms with Crippen LogP contribution in [0.1, 0.15) is 23.5 Å². The van der Waals surface area contributed by atoms with Crippen molar-refractivity contribution in [1.82, 2.24) is 14.9 Å². The minimum atomic E-state index is -0.331. The molecule has 5 rings (SSSR count). The van der Waals surface area contributed by atoms with Crippen LogP contribution in [-0.2, 0) is 0 Å². The Balaban J connectivity index is 1.68. The topological polar surface area (TPSA) is 42.3 Å². The second-order valence-electron chi connectivity index (χ2n) is 7.45. The predicted octanol–water partition coefficient (Wildman–Crippen LogP) is 5.20. The summed E-state index contributed by atoms with van der Waals surface area (Å²) >= 11 is 5.70. The number of pyridine rings is 1. The quantitative estimate of drug-likeness (QED) is 0.429. The van der Waals surface area contributed by atoms with Crippen LogP contribution in [0.3, 0.4) is 0 Å². The minimum absolute atomic E-state index is 0.262. The first kappa shape index (κ1) is 20.2. The van der Waals surface area contributed by atoms with E-state index in [1.54, 1.807) is 25.4 Å². The van der Waals surface area contributed by atoms with Crippen molar-refractivity contribution in [1.29, 1.82) is 0 Å². The van der Waals surface area contributed by atoms with Crippen molar-refractivity contribution in [2.75, 3.05) is 12.0 Å². The van der Waals surface area contributed by atoms with E-state index < -0.39 is 0 Å². The molecule has 3 heterocycles. The van der Waals surface area contributed by atoms with Crippen molar-refractivity contribution in [3.63, 3.8) is 0 Å². The van der Waals surface area contributed by atoms with Crippen LogP contribution in [0, 0.1) is 5.82 Å². The molecule has 1 N–H and O–H groups in total. The fourth-order valence-electron chi connectivity index (χ4n) is 4.19. The summed E-state index contributed by atoms with van der Waals surface area (Å²) in [6.07, 6.45) is 3.74. The molecule has 2 aromatic carbocycles. The van der Waals surface area contributed by atoms with Gasteiger partial charge in [0.2, 0.25) is 0 Å². The van der Waals surface area contributed by atoms with Gasteiger partial charge in [-0.05, 0) is 60.7 Å². The standard InChI is InChI=1S/C25H21FN4OS/c1-31-18-9-6-8-17(16-18)29-15-7-13-22(29)24-23(20-11-4-5-14-27-20)28-25(32)30(24)21-12-3-2-10-19(21)26/h2-16,23-24H,1H3,(H,28,32). The average molecular weight is 445 g/mol. The van der Waals surface area contributed by atoms with Crippen LogP contribution in [0.5, 0.6) is 5.75 Å². The second-order valence-corrected chi connectivity index (χ2v) is 7.84. The second kappa shape index (κ2) is 8.43. The SMILES string of the molecule is COc1cccc(-n2cccc2C2C(c3ccccn3)NC(=S)N2c2ccccc2F)c1. The lowest BCUT2D eigenvalue weighted by Gasteiger charge is -2.29. The lowest BCUT2D eigenvalue weighted by Crippen LogP contribution is -2.31. The summed E-state index contributed by atoms with van der Waals surface area (Å²) in [5.74, 6) is 0.428. The Morgan fingerprint density at radius 1 is 1.00 bits per heavy atom. The largest absolute Gasteiger partial charge is 0.497 e. The monoisotopic (exact) mass is 444 g/mol. The van der Waals surface area contributed by atoms with Crippen molar-refractivity contribution >= 4 is 23.0 Å². The maximum Gasteiger partial charge on any atom is 0.174 e. The van der Waals surface area contributed by atoms with Gasteiger partial charge in [0.05, 0.1) is 24.5 Å². The number of anilines is 1. The van der Waals surface area contributed by atoms with Gasteiger partial charge in [-0.2, -0.15) is 0 Å². The summed E-state index contributed by atoms with van der Waals surface area (Å²) in [6, 6.07) is 23.7. The molecule has 4 aromatic rings. The molecule has 32 heavy (non-hydrogen) atoms. The van der Waals surface area contributed by atoms with Gasteiger partial charge in [0.1, 0.15) is 17.6 Å². The highest BCUT2D eigenvalue weighted by atomic mass is 32.1. The minimum Gasteiger partial charge on any atom is -0.497 e. The van der Waals surface area contributed by atoms with Crippen molar-refractivity contribution in [3.05, 3.63) is 108 Å². The zero-order chi connectivity index (χ0) is 22.1. The van der Waals surface area contributed by atoms with E-state index >= 15 is 0 Å². The molecule has 0 saturated carbocycles. The van der Waals surface area contributed by atoms with E-state index in [9.17, 15) is 4.39 Å². The smallest absolute Gasteiger partial charge is 0.174 e. The van der Waals surface area contributed by atoms with Crippen molar-refractivity contribution in [2.45, 2.75) is 12.1 Å². The molecule has 2 aromatic heterocycles. The lowest BCUT2D eigenvalue weighted by atomic mass is 10.0. The zero-order valence-electron chi connectivity index (χ0n) is 17.4. The van der Waals surface area contributed by atoms with Crippen molar-refractivity contribution in [3.8, 4) is 11.4 Å². The van der Waals surface area contributed by atoms with Crippen LogP contribution in [0.2, 0.25) is 0 Å². The molecular weight excluding hydrogens is 423 g/mol. The van der Waals surface area contributed by atoms with Gasteiger partial charge in [-0.15, -0.1) is 0 Å². The molecule has 1 aliphatic heterocycles. The van der Waals surface area contributed by atoms with Crippen molar-refractivity contribution < 1.29 is 9.13 Å². The van der Waals surface area contributed by atoms with E-state index in [1.165, 1.54) is 6.07 Å². The molecule has 2 atom stereocenters. The maximum atomic E-state index is 14.9. The third-order valence-electron chi connectivity index (χ3n) is 5.62. The Labute approximate surface area is 191 Å². The van der Waals surface area contributed by atoms with Gasteiger partial charge < -0.3 is 19.5 Å². The number of aromatic nitrogens is 2. The third-order valence-corrected chi connectivity index (χ3v) is 5.94. The molecule has 160 valence electrons. The summed E-state index contributed by atoms with van der Waals surface area (Å²) in [5.41, 5.74) is 3.14. The van der Waals surface area contributed by atoms with Gasteiger partial charge in [0, 0.05) is 29.8 Å². The van der Waals surface area contributed by atoms with Crippen LogP contribution < -0.4 is 15.0 Å². The van der Waals surface area contributed by atoms with Gasteiger partial charge >= 0.3 is 0 Å². The highest BCUT2D eigenvalue weighted by molar-refractivity contribution is 7.80. The van der Waals surface area contributed by atoms with E-state index in [0.29, 0.717) is 10.8 Å². The number of nitrogens with zero attached hydrogens (tertiary/aromatic N) is 3. The molecule has 0 spiro atoms. The molecule has 7 heteroatoms. The van der Waals surface area contributed by atoms with Gasteiger partial charge in [-0.25, -0.2) is 4.39 Å². The summed E-state index contributed by atoms with van der Waals surface area (Å²) in [5, 5.41) is 3.83. The molecule has 0 bridgehead atoms. The Hall–Kier alpha value is -3.71. The van der Waals surface area contributed by atoms with E-state index in [2.05, 4.69) is 14.9 Å². The van der Waals surface area contributed by atoms with Gasteiger partial charge in [-0.3, -0.25) is 4.98 Å². The average Bonchev–Trinajstić information content (AvgIpc) is 3.44. The van der Waals surface area contributed by atoms with E-state index in [0.717, 1.165) is 22.8 Å². The Bertz CT molecular complexity index is 1260. The summed E-state index contributed by atoms with van der Waals surface area (Å²) in [6.45, 7) is 0. The van der Waals surface area contributed by atoms with Gasteiger partial charge in [-0.1, -0.05) is 24.3 Å².